The number of aromatic carboxylic acids is 1. The van der Waals surface area contributed by atoms with Crippen LogP contribution in [0.5, 0.6) is 0 Å². The van der Waals surface area contributed by atoms with Crippen LogP contribution >= 0.6 is 11.8 Å². The average Bonchev–Trinajstić information content (AvgIpc) is 3.38. The van der Waals surface area contributed by atoms with Crippen LogP contribution in [-0.4, -0.2) is 47.3 Å². The van der Waals surface area contributed by atoms with E-state index in [-0.39, 0.29) is 11.5 Å². The lowest BCUT2D eigenvalue weighted by atomic mass is 10.0. The maximum Gasteiger partial charge on any atom is 0.335 e. The monoisotopic (exact) mass is 462 g/mol. The van der Waals surface area contributed by atoms with Crippen molar-refractivity contribution in [2.75, 3.05) is 20.3 Å². The number of hydrogen-bond donors (Lipinski definition) is 1. The third kappa shape index (κ3) is 4.92. The number of ether oxygens (including phenoxy) is 1. The summed E-state index contributed by atoms with van der Waals surface area (Å²) in [6.07, 6.45) is 1.68. The molecule has 1 amide bonds. The highest BCUT2D eigenvalue weighted by molar-refractivity contribution is 8.18. The van der Waals surface area contributed by atoms with Gasteiger partial charge < -0.3 is 14.3 Å². The summed E-state index contributed by atoms with van der Waals surface area (Å²) in [5.41, 5.74) is 2.29. The molecule has 8 heteroatoms. The van der Waals surface area contributed by atoms with Crippen LogP contribution in [0.1, 0.15) is 21.7 Å². The number of carbonyl (C=O) groups is 2. The lowest BCUT2D eigenvalue weighted by Gasteiger charge is -2.14. The van der Waals surface area contributed by atoms with Gasteiger partial charge >= 0.3 is 5.97 Å². The molecule has 1 aliphatic heterocycles. The van der Waals surface area contributed by atoms with E-state index in [0.29, 0.717) is 45.9 Å². The molecule has 0 aliphatic carbocycles. The number of thioether (sulfide) groups is 1. The van der Waals surface area contributed by atoms with Crippen molar-refractivity contribution in [3.8, 4) is 11.3 Å². The van der Waals surface area contributed by atoms with E-state index in [9.17, 15) is 14.7 Å². The molecule has 4 rings (SSSR count). The van der Waals surface area contributed by atoms with Crippen molar-refractivity contribution in [2.45, 2.75) is 6.92 Å². The van der Waals surface area contributed by atoms with Gasteiger partial charge in [0.05, 0.1) is 29.3 Å². The lowest BCUT2D eigenvalue weighted by molar-refractivity contribution is -0.122. The van der Waals surface area contributed by atoms with Crippen molar-refractivity contribution < 1.29 is 23.8 Å². The standard InChI is InChI=1S/C25H22N2O5S/c1-16-19(9-6-10-20(16)24(29)30)21-12-11-18(32-21)15-22-23(28)27(13-14-31-2)25(33-22)26-17-7-4-3-5-8-17/h3-12,15H,13-14H2,1-2H3,(H,29,30)/b22-15-,26-25?. The predicted octanol–water partition coefficient (Wildman–Crippen LogP) is 5.20. The Labute approximate surface area is 195 Å². The normalized spacial score (nSPS) is 16.2. The van der Waals surface area contributed by atoms with E-state index in [2.05, 4.69) is 4.99 Å². The Kier molecular flexibility index (Phi) is 6.76. The van der Waals surface area contributed by atoms with E-state index >= 15 is 0 Å². The maximum absolute atomic E-state index is 13.1. The van der Waals surface area contributed by atoms with Gasteiger partial charge in [0.15, 0.2) is 5.17 Å². The minimum absolute atomic E-state index is 0.172. The van der Waals surface area contributed by atoms with Crippen LogP contribution in [-0.2, 0) is 9.53 Å². The number of methoxy groups -OCH3 is 1. The number of hydrogen-bond acceptors (Lipinski definition) is 6. The Bertz CT molecular complexity index is 1250. The number of furan rings is 1. The van der Waals surface area contributed by atoms with E-state index in [1.165, 1.54) is 11.8 Å². The molecular formula is C25H22N2O5S. The van der Waals surface area contributed by atoms with Crippen LogP contribution in [0.4, 0.5) is 5.69 Å². The maximum atomic E-state index is 13.1. The number of carboxylic acid groups (broad SMARTS) is 1. The van der Waals surface area contributed by atoms with Gasteiger partial charge in [-0.25, -0.2) is 9.79 Å². The molecule has 0 saturated carbocycles. The quantitative estimate of drug-likeness (QED) is 0.485. The molecule has 2 aromatic carbocycles. The van der Waals surface area contributed by atoms with Crippen molar-refractivity contribution in [1.29, 1.82) is 0 Å². The fourth-order valence-corrected chi connectivity index (χ4v) is 4.43. The summed E-state index contributed by atoms with van der Waals surface area (Å²) in [6, 6.07) is 18.0. The van der Waals surface area contributed by atoms with E-state index in [1.807, 2.05) is 36.4 Å². The van der Waals surface area contributed by atoms with Crippen LogP contribution in [0.2, 0.25) is 0 Å². The van der Waals surface area contributed by atoms with E-state index in [4.69, 9.17) is 9.15 Å². The average molecular weight is 463 g/mol. The van der Waals surface area contributed by atoms with Crippen molar-refractivity contribution in [3.63, 3.8) is 0 Å². The van der Waals surface area contributed by atoms with Gasteiger partial charge in [-0.1, -0.05) is 30.3 Å². The summed E-state index contributed by atoms with van der Waals surface area (Å²) in [6.45, 7) is 2.52. The molecule has 3 aromatic rings. The van der Waals surface area contributed by atoms with E-state index in [1.54, 1.807) is 49.3 Å². The highest BCUT2D eigenvalue weighted by Crippen LogP contribution is 2.35. The summed E-state index contributed by atoms with van der Waals surface area (Å²) in [5, 5.41) is 9.95. The summed E-state index contributed by atoms with van der Waals surface area (Å²) >= 11 is 1.28. The lowest BCUT2D eigenvalue weighted by Crippen LogP contribution is -2.32. The fraction of sp³-hybridized carbons (Fsp3) is 0.160. The second-order valence-corrected chi connectivity index (χ2v) is 8.28. The number of para-hydroxylation sites is 1. The SMILES string of the molecule is COCCN1C(=O)/C(=C/c2ccc(-c3cccc(C(=O)O)c3C)o2)SC1=Nc1ccccc1. The second kappa shape index (κ2) is 9.89. The molecule has 1 fully saturated rings. The van der Waals surface area contributed by atoms with Gasteiger partial charge in [0.1, 0.15) is 11.5 Å². The summed E-state index contributed by atoms with van der Waals surface area (Å²) in [4.78, 5) is 31.2. The largest absolute Gasteiger partial charge is 0.478 e. The summed E-state index contributed by atoms with van der Waals surface area (Å²) in [5.74, 6) is -0.132. The Morgan fingerprint density at radius 2 is 1.94 bits per heavy atom. The molecule has 168 valence electrons. The number of rotatable bonds is 7. The van der Waals surface area contributed by atoms with Crippen LogP contribution in [0.15, 0.2) is 75.0 Å². The van der Waals surface area contributed by atoms with Crippen molar-refractivity contribution in [1.82, 2.24) is 4.90 Å². The summed E-state index contributed by atoms with van der Waals surface area (Å²) < 4.78 is 11.1. The fourth-order valence-electron chi connectivity index (χ4n) is 3.42. The molecule has 33 heavy (non-hydrogen) atoms. The number of carbonyl (C=O) groups excluding carboxylic acids is 1. The molecule has 1 aliphatic rings. The van der Waals surface area contributed by atoms with Gasteiger partial charge in [0.25, 0.3) is 5.91 Å². The first-order valence-corrected chi connectivity index (χ1v) is 11.1. The highest BCUT2D eigenvalue weighted by atomic mass is 32.2. The van der Waals surface area contributed by atoms with Crippen LogP contribution in [0.3, 0.4) is 0 Å². The van der Waals surface area contributed by atoms with Crippen molar-refractivity contribution >= 4 is 40.6 Å². The van der Waals surface area contributed by atoms with Gasteiger partial charge in [-0.05, 0) is 54.6 Å². The Balaban J connectivity index is 1.64. The second-order valence-electron chi connectivity index (χ2n) is 7.28. The molecule has 1 aromatic heterocycles. The van der Waals surface area contributed by atoms with Gasteiger partial charge in [0.2, 0.25) is 0 Å². The molecular weight excluding hydrogens is 440 g/mol. The molecule has 0 bridgehead atoms. The van der Waals surface area contributed by atoms with Crippen LogP contribution in [0, 0.1) is 6.92 Å². The Morgan fingerprint density at radius 3 is 2.67 bits per heavy atom. The molecule has 1 saturated heterocycles. The van der Waals surface area contributed by atoms with E-state index < -0.39 is 5.97 Å². The third-order valence-corrected chi connectivity index (χ3v) is 6.12. The van der Waals surface area contributed by atoms with Gasteiger partial charge in [0, 0.05) is 18.7 Å². The minimum Gasteiger partial charge on any atom is -0.478 e. The first-order valence-electron chi connectivity index (χ1n) is 10.2. The number of benzene rings is 2. The molecule has 0 unspecified atom stereocenters. The molecule has 0 radical (unpaired) electrons. The van der Waals surface area contributed by atoms with Gasteiger partial charge in [-0.2, -0.15) is 0 Å². The first kappa shape index (κ1) is 22.6. The highest BCUT2D eigenvalue weighted by Gasteiger charge is 2.33. The number of amides is 1. The van der Waals surface area contributed by atoms with E-state index in [0.717, 1.165) is 5.69 Å². The third-order valence-electron chi connectivity index (χ3n) is 5.12. The minimum atomic E-state index is -0.988. The summed E-state index contributed by atoms with van der Waals surface area (Å²) in [7, 11) is 1.59. The van der Waals surface area contributed by atoms with Crippen LogP contribution in [0.25, 0.3) is 17.4 Å². The number of amidine groups is 1. The van der Waals surface area contributed by atoms with Crippen molar-refractivity contribution in [3.05, 3.63) is 82.5 Å². The Morgan fingerprint density at radius 1 is 1.15 bits per heavy atom. The molecule has 0 spiro atoms. The zero-order chi connectivity index (χ0) is 23.4. The Hall–Kier alpha value is -3.62. The van der Waals surface area contributed by atoms with Gasteiger partial charge in [-0.3, -0.25) is 9.69 Å². The zero-order valence-electron chi connectivity index (χ0n) is 18.1. The van der Waals surface area contributed by atoms with Crippen molar-refractivity contribution in [2.24, 2.45) is 4.99 Å². The van der Waals surface area contributed by atoms with Crippen LogP contribution < -0.4 is 0 Å². The smallest absolute Gasteiger partial charge is 0.335 e. The predicted molar refractivity (Wildman–Crippen MR) is 129 cm³/mol. The number of carboxylic acids is 1. The molecule has 7 nitrogen and oxygen atoms in total. The zero-order valence-corrected chi connectivity index (χ0v) is 19.0. The molecule has 1 N–H and O–H groups in total. The van der Waals surface area contributed by atoms with Gasteiger partial charge in [-0.15, -0.1) is 0 Å². The number of nitrogens with zero attached hydrogens (tertiary/aromatic N) is 2. The topological polar surface area (TPSA) is 92.3 Å². The molecule has 2 heterocycles. The number of aliphatic imine (C=N–C) groups is 1. The molecule has 0 atom stereocenters. The first-order chi connectivity index (χ1) is 16.0.